The number of fused-ring (bicyclic) bond motifs is 1. The van der Waals surface area contributed by atoms with E-state index in [2.05, 4.69) is 21.8 Å². The smallest absolute Gasteiger partial charge is 0.321 e. The predicted molar refractivity (Wildman–Crippen MR) is 115 cm³/mol. The maximum absolute atomic E-state index is 12.8. The van der Waals surface area contributed by atoms with E-state index >= 15 is 0 Å². The second-order valence-electron chi connectivity index (χ2n) is 7.53. The molecule has 4 aromatic rings. The predicted octanol–water partition coefficient (Wildman–Crippen LogP) is 4.73. The summed E-state index contributed by atoms with van der Waals surface area (Å²) < 4.78 is 7.42. The van der Waals surface area contributed by atoms with Gasteiger partial charge in [0.15, 0.2) is 5.65 Å². The van der Waals surface area contributed by atoms with Crippen LogP contribution in [0.15, 0.2) is 65.6 Å². The quantitative estimate of drug-likeness (QED) is 0.536. The standard InChI is InChI=1S/C23H23N5O2/c1-2-16-5-7-18(8-6-16)25-23(29)27-12-9-19(14-27)28-21(17-10-13-30-15-17)26-20-4-3-11-24-22(20)28/h3-8,10-11,13,15,19H,2,9,12,14H2,1H3,(H,25,29). The number of hydrogen-bond donors (Lipinski definition) is 1. The number of nitrogens with zero attached hydrogens (tertiary/aromatic N) is 4. The van der Waals surface area contributed by atoms with Crippen LogP contribution in [-0.2, 0) is 6.42 Å². The number of nitrogens with one attached hydrogen (secondary N) is 1. The van der Waals surface area contributed by atoms with Crippen LogP contribution in [0.5, 0.6) is 0 Å². The highest BCUT2D eigenvalue weighted by Crippen LogP contribution is 2.32. The molecule has 4 heterocycles. The molecule has 30 heavy (non-hydrogen) atoms. The van der Waals surface area contributed by atoms with Crippen LogP contribution in [0.3, 0.4) is 0 Å². The summed E-state index contributed by atoms with van der Waals surface area (Å²) in [5, 5.41) is 3.01. The van der Waals surface area contributed by atoms with Crippen molar-refractivity contribution in [2.24, 2.45) is 0 Å². The van der Waals surface area contributed by atoms with Crippen molar-refractivity contribution in [3.05, 3.63) is 66.8 Å². The fourth-order valence-electron chi connectivity index (χ4n) is 4.03. The minimum atomic E-state index is -0.0796. The molecule has 0 spiro atoms. The second-order valence-corrected chi connectivity index (χ2v) is 7.53. The second kappa shape index (κ2) is 7.67. The van der Waals surface area contributed by atoms with Gasteiger partial charge in [0.25, 0.3) is 0 Å². The molecule has 7 heteroatoms. The summed E-state index contributed by atoms with van der Waals surface area (Å²) in [6, 6.07) is 13.8. The topological polar surface area (TPSA) is 76.2 Å². The summed E-state index contributed by atoms with van der Waals surface area (Å²) in [5.74, 6) is 0.819. The van der Waals surface area contributed by atoms with Gasteiger partial charge >= 0.3 is 6.03 Å². The number of pyridine rings is 1. The van der Waals surface area contributed by atoms with Gasteiger partial charge in [-0.25, -0.2) is 14.8 Å². The van der Waals surface area contributed by atoms with Crippen molar-refractivity contribution in [1.29, 1.82) is 0 Å². The van der Waals surface area contributed by atoms with Gasteiger partial charge in [-0.1, -0.05) is 19.1 Å². The van der Waals surface area contributed by atoms with Crippen LogP contribution in [0.2, 0.25) is 0 Å². The average molecular weight is 401 g/mol. The van der Waals surface area contributed by atoms with Crippen LogP contribution in [-0.4, -0.2) is 38.6 Å². The van der Waals surface area contributed by atoms with Crippen molar-refractivity contribution < 1.29 is 9.21 Å². The van der Waals surface area contributed by atoms with E-state index in [9.17, 15) is 4.79 Å². The van der Waals surface area contributed by atoms with E-state index in [0.29, 0.717) is 13.1 Å². The molecule has 7 nitrogen and oxygen atoms in total. The molecule has 1 unspecified atom stereocenters. The Hall–Kier alpha value is -3.61. The first-order valence-corrected chi connectivity index (χ1v) is 10.2. The number of hydrogen-bond acceptors (Lipinski definition) is 4. The van der Waals surface area contributed by atoms with Crippen molar-refractivity contribution >= 4 is 22.9 Å². The molecular formula is C23H23N5O2. The molecule has 0 saturated carbocycles. The first-order valence-electron chi connectivity index (χ1n) is 10.2. The molecule has 0 aliphatic carbocycles. The summed E-state index contributed by atoms with van der Waals surface area (Å²) in [5.41, 5.74) is 4.64. The third kappa shape index (κ3) is 3.32. The molecule has 1 N–H and O–H groups in total. The number of carbonyl (C=O) groups excluding carboxylic acids is 1. The first kappa shape index (κ1) is 18.4. The number of amides is 2. The number of aryl methyl sites for hydroxylation is 1. The van der Waals surface area contributed by atoms with Crippen molar-refractivity contribution in [3.63, 3.8) is 0 Å². The summed E-state index contributed by atoms with van der Waals surface area (Å²) in [7, 11) is 0. The number of likely N-dealkylation sites (tertiary alicyclic amines) is 1. The molecule has 152 valence electrons. The number of anilines is 1. The Bertz CT molecular complexity index is 1160. The normalized spacial score (nSPS) is 16.3. The Labute approximate surface area is 174 Å². The van der Waals surface area contributed by atoms with Crippen LogP contribution in [0.25, 0.3) is 22.6 Å². The number of aromatic nitrogens is 3. The van der Waals surface area contributed by atoms with Gasteiger partial charge in [0.05, 0.1) is 17.9 Å². The molecule has 0 bridgehead atoms. The lowest BCUT2D eigenvalue weighted by molar-refractivity contribution is 0.221. The van der Waals surface area contributed by atoms with E-state index in [1.807, 2.05) is 47.4 Å². The maximum atomic E-state index is 12.8. The number of furan rings is 1. The molecule has 2 amide bonds. The van der Waals surface area contributed by atoms with Crippen molar-refractivity contribution in [2.45, 2.75) is 25.8 Å². The monoisotopic (exact) mass is 401 g/mol. The zero-order valence-corrected chi connectivity index (χ0v) is 16.8. The van der Waals surface area contributed by atoms with E-state index in [1.165, 1.54) is 5.56 Å². The molecule has 1 aromatic carbocycles. The number of urea groups is 1. The molecule has 3 aromatic heterocycles. The van der Waals surface area contributed by atoms with Crippen LogP contribution < -0.4 is 5.32 Å². The molecule has 0 radical (unpaired) electrons. The molecule has 1 aliphatic rings. The van der Waals surface area contributed by atoms with Gasteiger partial charge in [0.2, 0.25) is 0 Å². The van der Waals surface area contributed by atoms with Crippen molar-refractivity contribution in [1.82, 2.24) is 19.4 Å². The van der Waals surface area contributed by atoms with Crippen LogP contribution in [0, 0.1) is 0 Å². The minimum absolute atomic E-state index is 0.0796. The first-order chi connectivity index (χ1) is 14.7. The zero-order chi connectivity index (χ0) is 20.5. The Kier molecular flexibility index (Phi) is 4.71. The highest BCUT2D eigenvalue weighted by Gasteiger charge is 2.31. The van der Waals surface area contributed by atoms with E-state index in [0.717, 1.165) is 41.1 Å². The summed E-state index contributed by atoms with van der Waals surface area (Å²) in [6.07, 6.45) is 6.93. The lowest BCUT2D eigenvalue weighted by Crippen LogP contribution is -2.33. The zero-order valence-electron chi connectivity index (χ0n) is 16.8. The fraction of sp³-hybridized carbons (Fsp3) is 0.261. The maximum Gasteiger partial charge on any atom is 0.321 e. The SMILES string of the molecule is CCc1ccc(NC(=O)N2CCC(n3c(-c4ccoc4)nc4cccnc43)C2)cc1. The van der Waals surface area contributed by atoms with E-state index < -0.39 is 0 Å². The average Bonchev–Trinajstić information content (AvgIpc) is 3.52. The Morgan fingerprint density at radius 3 is 2.87 bits per heavy atom. The lowest BCUT2D eigenvalue weighted by Gasteiger charge is -2.19. The molecule has 5 rings (SSSR count). The lowest BCUT2D eigenvalue weighted by atomic mass is 10.1. The Balaban J connectivity index is 1.38. The van der Waals surface area contributed by atoms with Gasteiger partial charge in [-0.05, 0) is 48.7 Å². The largest absolute Gasteiger partial charge is 0.472 e. The third-order valence-corrected chi connectivity index (χ3v) is 5.66. The van der Waals surface area contributed by atoms with Crippen LogP contribution in [0.4, 0.5) is 10.5 Å². The molecular weight excluding hydrogens is 378 g/mol. The van der Waals surface area contributed by atoms with Crippen LogP contribution in [0.1, 0.15) is 24.9 Å². The van der Waals surface area contributed by atoms with Gasteiger partial charge in [-0.2, -0.15) is 0 Å². The summed E-state index contributed by atoms with van der Waals surface area (Å²) >= 11 is 0. The van der Waals surface area contributed by atoms with Crippen molar-refractivity contribution in [3.8, 4) is 11.4 Å². The van der Waals surface area contributed by atoms with Gasteiger partial charge in [0, 0.05) is 25.0 Å². The number of imidazole rings is 1. The van der Waals surface area contributed by atoms with Crippen molar-refractivity contribution in [2.75, 3.05) is 18.4 Å². The van der Waals surface area contributed by atoms with Gasteiger partial charge in [0.1, 0.15) is 17.6 Å². The minimum Gasteiger partial charge on any atom is -0.472 e. The number of benzene rings is 1. The molecule has 1 atom stereocenters. The highest BCUT2D eigenvalue weighted by atomic mass is 16.3. The fourth-order valence-corrected chi connectivity index (χ4v) is 4.03. The molecule has 1 saturated heterocycles. The molecule has 1 aliphatic heterocycles. The number of rotatable bonds is 4. The number of carbonyl (C=O) groups is 1. The molecule has 1 fully saturated rings. The highest BCUT2D eigenvalue weighted by molar-refractivity contribution is 5.89. The third-order valence-electron chi connectivity index (χ3n) is 5.66. The Morgan fingerprint density at radius 2 is 2.10 bits per heavy atom. The summed E-state index contributed by atoms with van der Waals surface area (Å²) in [6.45, 7) is 3.40. The Morgan fingerprint density at radius 1 is 1.23 bits per heavy atom. The van der Waals surface area contributed by atoms with Gasteiger partial charge < -0.3 is 19.2 Å². The van der Waals surface area contributed by atoms with E-state index in [1.54, 1.807) is 18.7 Å². The summed E-state index contributed by atoms with van der Waals surface area (Å²) in [4.78, 5) is 24.0. The van der Waals surface area contributed by atoms with E-state index in [-0.39, 0.29) is 12.1 Å². The van der Waals surface area contributed by atoms with Gasteiger partial charge in [-0.15, -0.1) is 0 Å². The van der Waals surface area contributed by atoms with Gasteiger partial charge in [-0.3, -0.25) is 0 Å². The van der Waals surface area contributed by atoms with E-state index in [4.69, 9.17) is 9.40 Å². The van der Waals surface area contributed by atoms with Crippen LogP contribution >= 0.6 is 0 Å².